The van der Waals surface area contributed by atoms with E-state index in [0.29, 0.717) is 4.90 Å². The maximum Gasteiger partial charge on any atom is 0.145 e. The van der Waals surface area contributed by atoms with Gasteiger partial charge in [0.25, 0.3) is 0 Å². The van der Waals surface area contributed by atoms with Crippen LogP contribution in [0.15, 0.2) is 204 Å². The first kappa shape index (κ1) is 13.8. The van der Waals surface area contributed by atoms with Crippen molar-refractivity contribution in [3.63, 3.8) is 0 Å². The lowest BCUT2D eigenvalue weighted by Gasteiger charge is -2.29. The van der Waals surface area contributed by atoms with Crippen molar-refractivity contribution < 1.29 is 49.7 Å². The first-order valence-corrected chi connectivity index (χ1v) is 17.1. The van der Waals surface area contributed by atoms with Crippen molar-refractivity contribution in [1.82, 2.24) is 0 Å². The molecule has 9 aromatic carbocycles. The molecule has 2 heteroatoms. The van der Waals surface area contributed by atoms with E-state index in [9.17, 15) is 21.9 Å². The molecule has 11 rings (SSSR count). The topological polar surface area (TPSA) is 16.4 Å². The number of nitrogens with zero attached hydrogens (tertiary/aromatic N) is 1. The summed E-state index contributed by atoms with van der Waals surface area (Å²) in [6.45, 7) is 2.79. The lowest BCUT2D eigenvalue weighted by atomic mass is 9.82. The fourth-order valence-corrected chi connectivity index (χ4v) is 7.02. The van der Waals surface area contributed by atoms with Crippen molar-refractivity contribution in [2.45, 2.75) is 19.3 Å². The summed E-state index contributed by atoms with van der Waals surface area (Å²) in [5.74, 6) is 0. The number of hydrogen-bond donors (Lipinski definition) is 0. The van der Waals surface area contributed by atoms with Crippen LogP contribution in [0.3, 0.4) is 0 Å². The summed E-state index contributed by atoms with van der Waals surface area (Å²) in [6, 6.07) is -33.7. The SMILES string of the molecule is [2H]c1c([2H])c([2H])c(-c2c([2H])c([2H])c(N(c3c([2H])c([2H])c4c(c3[2H])C(C)(C)c3c([2H])c([2H])c([2H])c([2H])c3-4)c3c([2H])c([2H])c(-c4c([2H])c([2H])c([2H])c([2H])c4[2H])c4oc5c6c([2H])c([2H])c([2H])c([2H])c6c(-c6c([2H])c([2H])c([2H])c([2H])c6[2H])c([2H])c5c34)c([2H])c2[2H])c([2H])c1[2H]. The maximum atomic E-state index is 10.3. The Labute approximate surface area is 379 Å². The minimum Gasteiger partial charge on any atom is -0.455 e. The van der Waals surface area contributed by atoms with Crippen LogP contribution in [0.4, 0.5) is 17.1 Å². The van der Waals surface area contributed by atoms with Crippen molar-refractivity contribution in [2.75, 3.05) is 4.90 Å². The first-order valence-electron chi connectivity index (χ1n) is 33.6. The van der Waals surface area contributed by atoms with Gasteiger partial charge in [0.15, 0.2) is 0 Å². The molecule has 57 heavy (non-hydrogen) atoms. The van der Waals surface area contributed by atoms with Crippen molar-refractivity contribution in [3.05, 3.63) is 211 Å². The van der Waals surface area contributed by atoms with Crippen molar-refractivity contribution in [3.8, 4) is 44.5 Å². The third-order valence-electron chi connectivity index (χ3n) is 9.61. The van der Waals surface area contributed by atoms with E-state index < -0.39 is 294 Å². The third-order valence-corrected chi connectivity index (χ3v) is 9.61. The van der Waals surface area contributed by atoms with Crippen LogP contribution in [-0.2, 0) is 5.41 Å². The van der Waals surface area contributed by atoms with Gasteiger partial charge in [0, 0.05) is 33.1 Å². The second-order valence-electron chi connectivity index (χ2n) is 13.1. The van der Waals surface area contributed by atoms with E-state index in [4.69, 9.17) is 27.7 Å². The standard InChI is InChI=1S/C55H39NO/c1-55(2)49-25-15-14-23-44(49)45-31-30-41(34-50(45)55)56(40-28-26-37(27-29-40)36-16-6-3-7-17-36)51-33-32-42(38-18-8-4-9-19-38)54-52(51)48-35-47(39-20-10-5-11-21-39)43-22-12-13-24-46(43)53(48)57-54/h3-35H,1-2H3/i3D,4D,5D,6D,7D,8D,9D,10D,11D,12D,13D,14D,15D,16D,17D,18D,19D,20D,21D,22D,23D,24D,25D,26D,27D,28D,29D,30D,31D,32D,33D,34D,35D. The molecule has 10 aromatic rings. The molecule has 1 aromatic heterocycles. The van der Waals surface area contributed by atoms with Gasteiger partial charge in [-0.05, 0) is 97.8 Å². The summed E-state index contributed by atoms with van der Waals surface area (Å²) in [5, 5.41) is -3.25. The van der Waals surface area contributed by atoms with Gasteiger partial charge in [0.1, 0.15) is 11.2 Å². The largest absolute Gasteiger partial charge is 0.455 e. The van der Waals surface area contributed by atoms with Gasteiger partial charge in [-0.15, -0.1) is 0 Å². The average molecular weight is 763 g/mol. The molecule has 270 valence electrons. The Bertz CT molecular complexity index is 4970. The highest BCUT2D eigenvalue weighted by molar-refractivity contribution is 6.24. The predicted octanol–water partition coefficient (Wildman–Crippen LogP) is 15.5. The molecule has 0 spiro atoms. The second-order valence-corrected chi connectivity index (χ2v) is 13.1. The van der Waals surface area contributed by atoms with Crippen LogP contribution in [0.1, 0.15) is 70.2 Å². The molecule has 1 heterocycles. The number of anilines is 3. The summed E-state index contributed by atoms with van der Waals surface area (Å²) in [7, 11) is 0. The number of fused-ring (bicyclic) bond motifs is 8. The minimum absolute atomic E-state index is 0.183. The Morgan fingerprint density at radius 2 is 0.947 bits per heavy atom. The van der Waals surface area contributed by atoms with Gasteiger partial charge in [-0.3, -0.25) is 0 Å². The summed E-state index contributed by atoms with van der Waals surface area (Å²) in [6.07, 6.45) is 0. The number of benzene rings is 9. The Kier molecular flexibility index (Phi) is 3.14. The zero-order chi connectivity index (χ0) is 66.8. The second kappa shape index (κ2) is 13.0. The molecule has 0 bridgehead atoms. The van der Waals surface area contributed by atoms with Crippen LogP contribution in [0.25, 0.3) is 77.2 Å². The van der Waals surface area contributed by atoms with Crippen molar-refractivity contribution >= 4 is 49.8 Å². The quantitative estimate of drug-likeness (QED) is 0.168. The molecule has 0 N–H and O–H groups in total. The predicted molar refractivity (Wildman–Crippen MR) is 240 cm³/mol. The monoisotopic (exact) mass is 763 g/mol. The molecule has 1 aliphatic rings. The number of furan rings is 1. The Morgan fingerprint density at radius 1 is 0.404 bits per heavy atom. The third kappa shape index (κ3) is 5.25. The molecule has 0 fully saturated rings. The van der Waals surface area contributed by atoms with Crippen LogP contribution >= 0.6 is 0 Å². The smallest absolute Gasteiger partial charge is 0.145 e. The molecule has 0 radical (unpaired) electrons. The van der Waals surface area contributed by atoms with Crippen LogP contribution in [0.5, 0.6) is 0 Å². The van der Waals surface area contributed by atoms with E-state index in [1.165, 1.54) is 13.8 Å². The van der Waals surface area contributed by atoms with E-state index in [-0.39, 0.29) is 16.7 Å². The van der Waals surface area contributed by atoms with Gasteiger partial charge in [-0.1, -0.05) is 171 Å². The van der Waals surface area contributed by atoms with Crippen molar-refractivity contribution in [2.24, 2.45) is 0 Å². The Balaban J connectivity index is 1.48. The number of hydrogen-bond acceptors (Lipinski definition) is 2. The molecule has 0 saturated carbocycles. The molecule has 0 saturated heterocycles. The van der Waals surface area contributed by atoms with Crippen LogP contribution in [0.2, 0.25) is 0 Å². The fourth-order valence-electron chi connectivity index (χ4n) is 7.02. The van der Waals surface area contributed by atoms with E-state index >= 15 is 0 Å². The summed E-state index contributed by atoms with van der Waals surface area (Å²) in [5.41, 5.74) is -13.5. The molecule has 1 aliphatic carbocycles. The van der Waals surface area contributed by atoms with Crippen LogP contribution in [-0.4, -0.2) is 0 Å². The zero-order valence-electron chi connectivity index (χ0n) is 62.4. The highest BCUT2D eigenvalue weighted by Crippen LogP contribution is 2.53. The maximum absolute atomic E-state index is 10.3. The molecular weight excluding hydrogens is 691 g/mol. The summed E-state index contributed by atoms with van der Waals surface area (Å²) in [4.78, 5) is 0.473. The van der Waals surface area contributed by atoms with Crippen LogP contribution in [0, 0.1) is 0 Å². The zero-order valence-corrected chi connectivity index (χ0v) is 29.4. The van der Waals surface area contributed by atoms with Gasteiger partial charge in [0.2, 0.25) is 0 Å². The Morgan fingerprint density at radius 3 is 1.67 bits per heavy atom. The molecule has 0 aliphatic heterocycles. The van der Waals surface area contributed by atoms with Gasteiger partial charge in [0.05, 0.1) is 56.3 Å². The highest BCUT2D eigenvalue weighted by Gasteiger charge is 2.36. The van der Waals surface area contributed by atoms with Crippen molar-refractivity contribution in [1.29, 1.82) is 0 Å². The first-order chi connectivity index (χ1) is 41.8. The summed E-state index contributed by atoms with van der Waals surface area (Å²) >= 11 is 0. The fraction of sp³-hybridized carbons (Fsp3) is 0.0545. The van der Waals surface area contributed by atoms with E-state index in [1.807, 2.05) is 0 Å². The van der Waals surface area contributed by atoms with E-state index in [1.54, 1.807) is 0 Å². The summed E-state index contributed by atoms with van der Waals surface area (Å²) < 4.78 is 310. The molecule has 0 amide bonds. The van der Waals surface area contributed by atoms with Crippen LogP contribution < -0.4 is 4.90 Å². The van der Waals surface area contributed by atoms with E-state index in [2.05, 4.69) is 0 Å². The molecular formula is C55H39NO. The molecule has 2 nitrogen and oxygen atoms in total. The van der Waals surface area contributed by atoms with Gasteiger partial charge >= 0.3 is 0 Å². The minimum atomic E-state index is -1.80. The lowest BCUT2D eigenvalue weighted by Crippen LogP contribution is -2.16. The molecule has 0 unspecified atom stereocenters. The average Bonchev–Trinajstić information content (AvgIpc) is 1.44. The van der Waals surface area contributed by atoms with Gasteiger partial charge in [-0.2, -0.15) is 0 Å². The highest BCUT2D eigenvalue weighted by atomic mass is 16.3. The van der Waals surface area contributed by atoms with Gasteiger partial charge < -0.3 is 9.32 Å². The lowest BCUT2D eigenvalue weighted by molar-refractivity contribution is 0.660. The Hall–Kier alpha value is -7.16. The van der Waals surface area contributed by atoms with E-state index in [0.717, 1.165) is 0 Å². The van der Waals surface area contributed by atoms with Gasteiger partial charge in [-0.25, -0.2) is 0 Å². The molecule has 0 atom stereocenters. The normalized spacial score (nSPS) is 21.0. The number of rotatable bonds is 6.